The molecule has 1 saturated heterocycles. The van der Waals surface area contributed by atoms with Crippen molar-refractivity contribution in [2.45, 2.75) is 33.1 Å². The van der Waals surface area contributed by atoms with Crippen LogP contribution < -0.4 is 15.0 Å². The molecule has 2 amide bonds. The molecule has 0 unspecified atom stereocenters. The van der Waals surface area contributed by atoms with Gasteiger partial charge in [-0.2, -0.15) is 0 Å². The van der Waals surface area contributed by atoms with Crippen LogP contribution >= 0.6 is 0 Å². The first-order chi connectivity index (χ1) is 13.0. The normalized spacial score (nSPS) is 16.7. The van der Waals surface area contributed by atoms with Crippen LogP contribution in [0, 0.1) is 5.92 Å². The Morgan fingerprint density at radius 1 is 1.15 bits per heavy atom. The number of hydrogen-bond acceptors (Lipinski definition) is 3. The lowest BCUT2D eigenvalue weighted by molar-refractivity contribution is -0.122. The second-order valence-electron chi connectivity index (χ2n) is 7.10. The van der Waals surface area contributed by atoms with Crippen molar-refractivity contribution < 1.29 is 14.3 Å². The van der Waals surface area contributed by atoms with Gasteiger partial charge in [-0.15, -0.1) is 0 Å². The highest BCUT2D eigenvalue weighted by Crippen LogP contribution is 2.28. The van der Waals surface area contributed by atoms with Gasteiger partial charge in [0.05, 0.1) is 12.5 Å². The molecule has 0 bridgehead atoms. The van der Waals surface area contributed by atoms with E-state index in [1.54, 1.807) is 4.90 Å². The van der Waals surface area contributed by atoms with E-state index in [9.17, 15) is 9.59 Å². The standard InChI is InChI=1S/C22H26N2O3/c1-4-27-20-11-7-18(8-12-20)23-22(26)17-13-21(25)24(14-17)19-9-5-16(6-10-19)15(2)3/h5-12,15,17H,4,13-14H2,1-3H3,(H,23,26)/t17-/m1/s1. The quantitative estimate of drug-likeness (QED) is 0.833. The van der Waals surface area contributed by atoms with Crippen molar-refractivity contribution in [3.05, 3.63) is 54.1 Å². The number of nitrogens with one attached hydrogen (secondary N) is 1. The van der Waals surface area contributed by atoms with E-state index in [0.29, 0.717) is 24.8 Å². The Bertz CT molecular complexity index is 797. The Hall–Kier alpha value is -2.82. The number of anilines is 2. The third-order valence-electron chi connectivity index (χ3n) is 4.80. The minimum absolute atomic E-state index is 0.0147. The molecular weight excluding hydrogens is 340 g/mol. The van der Waals surface area contributed by atoms with E-state index in [1.165, 1.54) is 5.56 Å². The van der Waals surface area contributed by atoms with Gasteiger partial charge in [-0.25, -0.2) is 0 Å². The molecule has 1 atom stereocenters. The van der Waals surface area contributed by atoms with Crippen LogP contribution in [0.2, 0.25) is 0 Å². The number of amides is 2. The average Bonchev–Trinajstić information content (AvgIpc) is 3.05. The van der Waals surface area contributed by atoms with Crippen molar-refractivity contribution in [3.63, 3.8) is 0 Å². The number of carbonyl (C=O) groups excluding carboxylic acids is 2. The first kappa shape index (κ1) is 19.0. The number of benzene rings is 2. The molecule has 0 saturated carbocycles. The second-order valence-corrected chi connectivity index (χ2v) is 7.10. The number of nitrogens with zero attached hydrogens (tertiary/aromatic N) is 1. The highest BCUT2D eigenvalue weighted by Gasteiger charge is 2.35. The fourth-order valence-corrected chi connectivity index (χ4v) is 3.22. The second kappa shape index (κ2) is 8.25. The minimum atomic E-state index is -0.353. The van der Waals surface area contributed by atoms with Gasteiger partial charge in [0.2, 0.25) is 11.8 Å². The largest absolute Gasteiger partial charge is 0.494 e. The van der Waals surface area contributed by atoms with Gasteiger partial charge >= 0.3 is 0 Å². The molecule has 5 nitrogen and oxygen atoms in total. The van der Waals surface area contributed by atoms with Crippen LogP contribution in [0.15, 0.2) is 48.5 Å². The molecule has 1 heterocycles. The molecule has 5 heteroatoms. The minimum Gasteiger partial charge on any atom is -0.494 e. The summed E-state index contributed by atoms with van der Waals surface area (Å²) in [6, 6.07) is 15.3. The van der Waals surface area contributed by atoms with E-state index in [0.717, 1.165) is 11.4 Å². The summed E-state index contributed by atoms with van der Waals surface area (Å²) in [6.45, 7) is 7.20. The van der Waals surface area contributed by atoms with E-state index in [1.807, 2.05) is 55.5 Å². The van der Waals surface area contributed by atoms with Crippen LogP contribution in [0.5, 0.6) is 5.75 Å². The summed E-state index contributed by atoms with van der Waals surface area (Å²) in [6.07, 6.45) is 0.231. The van der Waals surface area contributed by atoms with Gasteiger partial charge in [-0.05, 0) is 54.8 Å². The third kappa shape index (κ3) is 4.48. The van der Waals surface area contributed by atoms with Gasteiger partial charge in [-0.1, -0.05) is 26.0 Å². The summed E-state index contributed by atoms with van der Waals surface area (Å²) >= 11 is 0. The molecular formula is C22H26N2O3. The van der Waals surface area contributed by atoms with Crippen LogP contribution in [-0.2, 0) is 9.59 Å². The van der Waals surface area contributed by atoms with E-state index in [4.69, 9.17) is 4.74 Å². The zero-order valence-electron chi connectivity index (χ0n) is 16.1. The predicted molar refractivity (Wildman–Crippen MR) is 107 cm³/mol. The number of carbonyl (C=O) groups is 2. The van der Waals surface area contributed by atoms with Crippen LogP contribution in [0.3, 0.4) is 0 Å². The van der Waals surface area contributed by atoms with Crippen molar-refractivity contribution in [2.75, 3.05) is 23.4 Å². The maximum atomic E-state index is 12.6. The molecule has 0 aromatic heterocycles. The van der Waals surface area contributed by atoms with Gasteiger partial charge in [0.25, 0.3) is 0 Å². The van der Waals surface area contributed by atoms with Crippen LogP contribution in [-0.4, -0.2) is 25.0 Å². The van der Waals surface area contributed by atoms with E-state index < -0.39 is 0 Å². The Morgan fingerprint density at radius 2 is 1.81 bits per heavy atom. The van der Waals surface area contributed by atoms with Crippen molar-refractivity contribution in [2.24, 2.45) is 5.92 Å². The van der Waals surface area contributed by atoms with Gasteiger partial charge in [0, 0.05) is 24.3 Å². The first-order valence-electron chi connectivity index (χ1n) is 9.42. The maximum absolute atomic E-state index is 12.6. The Morgan fingerprint density at radius 3 is 2.41 bits per heavy atom. The Labute approximate surface area is 160 Å². The number of rotatable bonds is 6. The van der Waals surface area contributed by atoms with Gasteiger partial charge < -0.3 is 15.0 Å². The number of hydrogen-bond donors (Lipinski definition) is 1. The van der Waals surface area contributed by atoms with Crippen LogP contribution in [0.25, 0.3) is 0 Å². The summed E-state index contributed by atoms with van der Waals surface area (Å²) in [5, 5.41) is 2.90. The lowest BCUT2D eigenvalue weighted by Gasteiger charge is -2.18. The summed E-state index contributed by atoms with van der Waals surface area (Å²) < 4.78 is 5.40. The van der Waals surface area contributed by atoms with E-state index in [2.05, 4.69) is 19.2 Å². The van der Waals surface area contributed by atoms with Crippen LogP contribution in [0.1, 0.15) is 38.7 Å². The predicted octanol–water partition coefficient (Wildman–Crippen LogP) is 4.20. The van der Waals surface area contributed by atoms with Crippen molar-refractivity contribution in [1.29, 1.82) is 0 Å². The molecule has 142 valence electrons. The third-order valence-corrected chi connectivity index (χ3v) is 4.80. The molecule has 1 aliphatic heterocycles. The first-order valence-corrected chi connectivity index (χ1v) is 9.42. The Balaban J connectivity index is 1.63. The van der Waals surface area contributed by atoms with Gasteiger partial charge in [0.15, 0.2) is 0 Å². The van der Waals surface area contributed by atoms with Gasteiger partial charge in [-0.3, -0.25) is 9.59 Å². The smallest absolute Gasteiger partial charge is 0.229 e. The monoisotopic (exact) mass is 366 g/mol. The van der Waals surface area contributed by atoms with Crippen molar-refractivity contribution in [1.82, 2.24) is 0 Å². The topological polar surface area (TPSA) is 58.6 Å². The van der Waals surface area contributed by atoms with E-state index >= 15 is 0 Å². The molecule has 0 spiro atoms. The Kier molecular flexibility index (Phi) is 5.79. The van der Waals surface area contributed by atoms with Gasteiger partial charge in [0.1, 0.15) is 5.75 Å². The summed E-state index contributed by atoms with van der Waals surface area (Å²) in [4.78, 5) is 26.7. The molecule has 27 heavy (non-hydrogen) atoms. The number of ether oxygens (including phenoxy) is 1. The summed E-state index contributed by atoms with van der Waals surface area (Å²) in [5.74, 6) is 0.713. The SMILES string of the molecule is CCOc1ccc(NC(=O)[C@@H]2CC(=O)N(c3ccc(C(C)C)cc3)C2)cc1. The maximum Gasteiger partial charge on any atom is 0.229 e. The molecule has 1 N–H and O–H groups in total. The average molecular weight is 366 g/mol. The molecule has 1 aliphatic rings. The molecule has 2 aromatic rings. The molecule has 0 aliphatic carbocycles. The highest BCUT2D eigenvalue weighted by atomic mass is 16.5. The lowest BCUT2D eigenvalue weighted by Crippen LogP contribution is -2.28. The fourth-order valence-electron chi connectivity index (χ4n) is 3.22. The summed E-state index contributed by atoms with van der Waals surface area (Å²) in [5.41, 5.74) is 2.78. The molecule has 2 aromatic carbocycles. The fraction of sp³-hybridized carbons (Fsp3) is 0.364. The zero-order chi connectivity index (χ0) is 19.4. The molecule has 1 fully saturated rings. The molecule has 0 radical (unpaired) electrons. The van der Waals surface area contributed by atoms with Crippen molar-refractivity contribution in [3.8, 4) is 5.75 Å². The lowest BCUT2D eigenvalue weighted by atomic mass is 10.0. The van der Waals surface area contributed by atoms with Crippen LogP contribution in [0.4, 0.5) is 11.4 Å². The van der Waals surface area contributed by atoms with E-state index in [-0.39, 0.29) is 24.2 Å². The summed E-state index contributed by atoms with van der Waals surface area (Å²) in [7, 11) is 0. The highest BCUT2D eigenvalue weighted by molar-refractivity contribution is 6.03. The molecule has 3 rings (SSSR count). The zero-order valence-corrected chi connectivity index (χ0v) is 16.1. The van der Waals surface area contributed by atoms with Crippen molar-refractivity contribution >= 4 is 23.2 Å².